The van der Waals surface area contributed by atoms with Gasteiger partial charge in [-0.25, -0.2) is 10.4 Å². The highest BCUT2D eigenvalue weighted by molar-refractivity contribution is 7.10. The van der Waals surface area contributed by atoms with Crippen LogP contribution in [0.1, 0.15) is 94.0 Å². The number of hydrogen-bond acceptors (Lipinski definition) is 11. The minimum absolute atomic E-state index is 0.0324. The lowest BCUT2D eigenvalue weighted by Crippen LogP contribution is -2.61. The first-order valence-electron chi connectivity index (χ1n) is 20.7. The van der Waals surface area contributed by atoms with Gasteiger partial charge in [0.25, 0.3) is 5.91 Å². The highest BCUT2D eigenvalue weighted by Gasteiger charge is 2.48. The van der Waals surface area contributed by atoms with Gasteiger partial charge in [-0.15, -0.1) is 11.3 Å². The molecule has 310 valence electrons. The van der Waals surface area contributed by atoms with Crippen molar-refractivity contribution >= 4 is 40.0 Å². The molecule has 2 amide bonds. The normalized spacial score (nSPS) is 23.7. The molecule has 3 aliphatic rings. The number of fused-ring (bicyclic) bond motifs is 6. The first-order valence-corrected chi connectivity index (χ1v) is 21.6. The standard InChI is InChI=1S/C45H53N7O6S/c1-7-51-36-17-16-27-21-30(36)32(39(51)28-13-11-19-47-37(28)26(3)56-6)23-45(4,5)25-58-44(55)34-15-12-20-52(50-34)43(54)38(40(57-8-2)42-48-35(27)24-59-42)49-41(53)31-22-29(31)33-14-9-10-18-46-33/h9-11,13-14,16-19,21,24,26,29,31,34,38,40,50H,7-8,12,15,20,22-23,25H2,1-6H3,(H,49,53)/t26-,29-,31-,34-,38-,40-/m0/s1. The average Bonchev–Trinajstić information content (AvgIpc) is 3.82. The van der Waals surface area contributed by atoms with E-state index in [0.717, 1.165) is 50.4 Å². The van der Waals surface area contributed by atoms with Crippen molar-refractivity contribution in [1.82, 2.24) is 35.3 Å². The lowest BCUT2D eigenvalue weighted by molar-refractivity contribution is -0.156. The summed E-state index contributed by atoms with van der Waals surface area (Å²) in [4.78, 5) is 56.9. The van der Waals surface area contributed by atoms with Gasteiger partial charge < -0.3 is 24.1 Å². The second-order valence-corrected chi connectivity index (χ2v) is 17.4. The van der Waals surface area contributed by atoms with Gasteiger partial charge in [-0.1, -0.05) is 26.0 Å². The van der Waals surface area contributed by atoms with Crippen molar-refractivity contribution in [3.63, 3.8) is 0 Å². The van der Waals surface area contributed by atoms with E-state index in [1.54, 1.807) is 19.5 Å². The summed E-state index contributed by atoms with van der Waals surface area (Å²) >= 11 is 1.40. The number of aryl methyl sites for hydroxylation is 1. The molecular weight excluding hydrogens is 767 g/mol. The molecular formula is C45H53N7O6S. The molecule has 1 aromatic carbocycles. The molecule has 6 heterocycles. The van der Waals surface area contributed by atoms with E-state index in [4.69, 9.17) is 24.2 Å². The molecule has 5 aromatic rings. The number of carbonyl (C=O) groups is 3. The number of carbonyl (C=O) groups excluding carboxylic acids is 3. The minimum atomic E-state index is -1.12. The molecule has 6 atom stereocenters. The smallest absolute Gasteiger partial charge is 0.324 e. The van der Waals surface area contributed by atoms with Crippen molar-refractivity contribution in [1.29, 1.82) is 0 Å². The molecule has 13 nitrogen and oxygen atoms in total. The molecule has 4 aromatic heterocycles. The van der Waals surface area contributed by atoms with Crippen molar-refractivity contribution in [3.05, 3.63) is 88.3 Å². The van der Waals surface area contributed by atoms with Gasteiger partial charge in [0, 0.05) is 89.6 Å². The van der Waals surface area contributed by atoms with Crippen LogP contribution in [-0.2, 0) is 41.6 Å². The predicted octanol–water partition coefficient (Wildman–Crippen LogP) is 6.94. The summed E-state index contributed by atoms with van der Waals surface area (Å²) in [7, 11) is 1.69. The number of cyclic esters (lactones) is 1. The van der Waals surface area contributed by atoms with Gasteiger partial charge in [-0.2, -0.15) is 0 Å². The van der Waals surface area contributed by atoms with Crippen LogP contribution in [0, 0.1) is 11.3 Å². The number of nitrogens with zero attached hydrogens (tertiary/aromatic N) is 5. The van der Waals surface area contributed by atoms with Crippen LogP contribution in [0.15, 0.2) is 66.3 Å². The number of methoxy groups -OCH3 is 1. The Bertz CT molecular complexity index is 2340. The van der Waals surface area contributed by atoms with Crippen LogP contribution in [0.4, 0.5) is 0 Å². The van der Waals surface area contributed by atoms with Gasteiger partial charge in [-0.05, 0) is 88.4 Å². The van der Waals surface area contributed by atoms with E-state index >= 15 is 0 Å². The van der Waals surface area contributed by atoms with Crippen molar-refractivity contribution in [2.24, 2.45) is 11.3 Å². The van der Waals surface area contributed by atoms with Gasteiger partial charge in [0.05, 0.1) is 29.8 Å². The van der Waals surface area contributed by atoms with Crippen molar-refractivity contribution < 1.29 is 28.6 Å². The second kappa shape index (κ2) is 16.9. The van der Waals surface area contributed by atoms with Crippen molar-refractivity contribution in [2.45, 2.75) is 97.1 Å². The quantitative estimate of drug-likeness (QED) is 0.150. The molecule has 2 aliphatic heterocycles. The fourth-order valence-electron chi connectivity index (χ4n) is 8.61. The number of esters is 1. The fraction of sp³-hybridized carbons (Fsp3) is 0.467. The Labute approximate surface area is 348 Å². The maximum absolute atomic E-state index is 14.7. The molecule has 1 saturated carbocycles. The lowest BCUT2D eigenvalue weighted by atomic mass is 9.84. The van der Waals surface area contributed by atoms with Crippen LogP contribution in [-0.4, -0.2) is 81.3 Å². The third kappa shape index (κ3) is 8.15. The van der Waals surface area contributed by atoms with E-state index in [9.17, 15) is 14.4 Å². The Morgan fingerprint density at radius 1 is 1.12 bits per heavy atom. The Morgan fingerprint density at radius 2 is 1.95 bits per heavy atom. The van der Waals surface area contributed by atoms with E-state index in [2.05, 4.69) is 65.3 Å². The molecule has 0 spiro atoms. The Hall–Kier alpha value is -5.02. The van der Waals surface area contributed by atoms with Gasteiger partial charge in [0.15, 0.2) is 0 Å². The van der Waals surface area contributed by atoms with Crippen molar-refractivity contribution in [3.8, 4) is 22.5 Å². The first-order chi connectivity index (χ1) is 28.5. The zero-order chi connectivity index (χ0) is 41.4. The molecule has 8 rings (SSSR count). The number of hydrogen-bond donors (Lipinski definition) is 2. The summed E-state index contributed by atoms with van der Waals surface area (Å²) in [6.45, 7) is 11.7. The number of rotatable bonds is 9. The third-order valence-corrected chi connectivity index (χ3v) is 12.7. The highest BCUT2D eigenvalue weighted by Crippen LogP contribution is 2.47. The van der Waals surface area contributed by atoms with Crippen LogP contribution in [0.25, 0.3) is 33.4 Å². The summed E-state index contributed by atoms with van der Waals surface area (Å²) in [6.07, 6.45) is 4.69. The molecule has 14 heteroatoms. The van der Waals surface area contributed by atoms with Gasteiger partial charge >= 0.3 is 5.97 Å². The van der Waals surface area contributed by atoms with E-state index in [-0.39, 0.29) is 37.1 Å². The van der Waals surface area contributed by atoms with Crippen LogP contribution in [0.5, 0.6) is 0 Å². The maximum atomic E-state index is 14.7. The fourth-order valence-corrected chi connectivity index (χ4v) is 9.52. The van der Waals surface area contributed by atoms with Gasteiger partial charge in [0.2, 0.25) is 5.91 Å². The molecule has 0 unspecified atom stereocenters. The third-order valence-electron chi connectivity index (χ3n) is 11.8. The van der Waals surface area contributed by atoms with Crippen LogP contribution < -0.4 is 10.7 Å². The number of benzene rings is 1. The summed E-state index contributed by atoms with van der Waals surface area (Å²) in [5, 5.41) is 8.15. The SMILES string of the molecule is CCO[C@@H]1c2nc(cs2)-c2ccc3c(c2)c(c(-c2cccnc2[C@H](C)OC)n3CC)CC(C)(C)COC(=O)[C@@H]2CCCN(N2)C(=O)[C@H]1NC(=O)[C@H]1C[C@@H]1c1ccccn1. The van der Waals surface area contributed by atoms with E-state index in [0.29, 0.717) is 43.8 Å². The Kier molecular flexibility index (Phi) is 11.7. The number of ether oxygens (including phenoxy) is 3. The maximum Gasteiger partial charge on any atom is 0.324 e. The Morgan fingerprint density at radius 3 is 2.71 bits per heavy atom. The first kappa shape index (κ1) is 40.7. The van der Waals surface area contributed by atoms with E-state index < -0.39 is 35.5 Å². The Balaban J connectivity index is 1.24. The lowest BCUT2D eigenvalue weighted by Gasteiger charge is -2.37. The largest absolute Gasteiger partial charge is 0.464 e. The summed E-state index contributed by atoms with van der Waals surface area (Å²) in [5.74, 6) is -1.44. The van der Waals surface area contributed by atoms with Crippen LogP contribution in [0.2, 0.25) is 0 Å². The number of nitrogens with one attached hydrogen (secondary N) is 2. The molecule has 6 bridgehead atoms. The molecule has 1 aliphatic carbocycles. The minimum Gasteiger partial charge on any atom is -0.464 e. The van der Waals surface area contributed by atoms with Gasteiger partial charge in [0.1, 0.15) is 23.2 Å². The summed E-state index contributed by atoms with van der Waals surface area (Å²) in [6, 6.07) is 14.3. The van der Waals surface area contributed by atoms with Gasteiger partial charge in [-0.3, -0.25) is 29.4 Å². The summed E-state index contributed by atoms with van der Waals surface area (Å²) in [5.41, 5.74) is 10.2. The monoisotopic (exact) mass is 819 g/mol. The van der Waals surface area contributed by atoms with Crippen molar-refractivity contribution in [2.75, 3.05) is 26.9 Å². The molecule has 0 radical (unpaired) electrons. The molecule has 2 N–H and O–H groups in total. The van der Waals surface area contributed by atoms with Crippen LogP contribution in [0.3, 0.4) is 0 Å². The zero-order valence-electron chi connectivity index (χ0n) is 34.6. The van der Waals surface area contributed by atoms with E-state index in [1.807, 2.05) is 43.5 Å². The molecule has 59 heavy (non-hydrogen) atoms. The predicted molar refractivity (Wildman–Crippen MR) is 225 cm³/mol. The number of aromatic nitrogens is 4. The number of thiazole rings is 1. The number of amides is 2. The molecule has 2 fully saturated rings. The second-order valence-electron chi connectivity index (χ2n) is 16.5. The van der Waals surface area contributed by atoms with E-state index in [1.165, 1.54) is 16.3 Å². The average molecular weight is 820 g/mol. The zero-order valence-corrected chi connectivity index (χ0v) is 35.4. The summed E-state index contributed by atoms with van der Waals surface area (Å²) < 4.78 is 20.6. The topological polar surface area (TPSA) is 150 Å². The number of hydrazine groups is 1. The molecule has 1 saturated heterocycles. The highest BCUT2D eigenvalue weighted by atomic mass is 32.1. The number of pyridine rings is 2. The van der Waals surface area contributed by atoms with Crippen LogP contribution >= 0.6 is 11.3 Å².